The molecule has 82 valence electrons. The van der Waals surface area contributed by atoms with Crippen LogP contribution in [0.15, 0.2) is 0 Å². The minimum atomic E-state index is -0.621. The third-order valence-corrected chi connectivity index (χ3v) is 3.19. The summed E-state index contributed by atoms with van der Waals surface area (Å²) in [6.45, 7) is 3.45. The summed E-state index contributed by atoms with van der Waals surface area (Å²) in [5.74, 6) is -0.621. The number of nitro groups is 1. The predicted molar refractivity (Wildman–Crippen MR) is 56.7 cm³/mol. The standard InChI is InChI=1S/C8H8ClNO4S/c1-3-14-8(11)5-4(2)15-7(6(5)9)10(12)13/h3H2,1-2H3. The summed E-state index contributed by atoms with van der Waals surface area (Å²) in [5.41, 5.74) is 0.0928. The Labute approximate surface area is 94.8 Å². The fraction of sp³-hybridized carbons (Fsp3) is 0.375. The van der Waals surface area contributed by atoms with Crippen molar-refractivity contribution in [2.24, 2.45) is 0 Å². The maximum Gasteiger partial charge on any atom is 0.343 e. The van der Waals surface area contributed by atoms with Crippen molar-refractivity contribution in [1.82, 2.24) is 0 Å². The number of carbonyl (C=O) groups excluding carboxylic acids is 1. The average molecular weight is 250 g/mol. The van der Waals surface area contributed by atoms with E-state index in [1.54, 1.807) is 13.8 Å². The lowest BCUT2D eigenvalue weighted by atomic mass is 10.2. The molecule has 0 N–H and O–H groups in total. The van der Waals surface area contributed by atoms with Crippen LogP contribution < -0.4 is 0 Å². The van der Waals surface area contributed by atoms with Crippen LogP contribution in [-0.4, -0.2) is 17.5 Å². The van der Waals surface area contributed by atoms with Crippen molar-refractivity contribution in [3.63, 3.8) is 0 Å². The fourth-order valence-corrected chi connectivity index (χ4v) is 2.36. The van der Waals surface area contributed by atoms with Crippen molar-refractivity contribution < 1.29 is 14.5 Å². The number of carbonyl (C=O) groups is 1. The number of esters is 1. The molecule has 0 radical (unpaired) electrons. The Hall–Kier alpha value is -1.14. The van der Waals surface area contributed by atoms with E-state index in [0.717, 1.165) is 11.3 Å². The van der Waals surface area contributed by atoms with Gasteiger partial charge in [-0.05, 0) is 13.8 Å². The van der Waals surface area contributed by atoms with Crippen molar-refractivity contribution in [2.45, 2.75) is 13.8 Å². The van der Waals surface area contributed by atoms with Gasteiger partial charge in [-0.2, -0.15) is 0 Å². The van der Waals surface area contributed by atoms with Crippen LogP contribution in [0, 0.1) is 17.0 Å². The molecule has 1 aromatic rings. The Morgan fingerprint density at radius 1 is 1.67 bits per heavy atom. The van der Waals surface area contributed by atoms with Gasteiger partial charge in [-0.25, -0.2) is 4.79 Å². The first-order valence-corrected chi connectivity index (χ1v) is 5.28. The van der Waals surface area contributed by atoms with E-state index in [1.165, 1.54) is 0 Å². The monoisotopic (exact) mass is 249 g/mol. The third kappa shape index (κ3) is 2.27. The topological polar surface area (TPSA) is 69.4 Å². The molecule has 1 aromatic heterocycles. The van der Waals surface area contributed by atoms with Gasteiger partial charge in [0, 0.05) is 4.88 Å². The number of hydrogen-bond acceptors (Lipinski definition) is 5. The SMILES string of the molecule is CCOC(=O)c1c(C)sc([N+](=O)[O-])c1Cl. The van der Waals surface area contributed by atoms with Gasteiger partial charge < -0.3 is 4.74 Å². The Balaban J connectivity index is 3.19. The average Bonchev–Trinajstić information content (AvgIpc) is 2.42. The minimum absolute atomic E-state index is 0.0928. The molecular formula is C8H8ClNO4S. The molecule has 1 rings (SSSR count). The van der Waals surface area contributed by atoms with Crippen molar-refractivity contribution in [3.05, 3.63) is 25.6 Å². The zero-order valence-electron chi connectivity index (χ0n) is 8.07. The van der Waals surface area contributed by atoms with Crippen LogP contribution in [0.1, 0.15) is 22.2 Å². The molecule has 0 unspecified atom stereocenters. The fourth-order valence-electron chi connectivity index (χ4n) is 1.06. The van der Waals surface area contributed by atoms with Crippen molar-refractivity contribution in [2.75, 3.05) is 6.61 Å². The summed E-state index contributed by atoms with van der Waals surface area (Å²) >= 11 is 6.59. The molecule has 7 heteroatoms. The first-order valence-electron chi connectivity index (χ1n) is 4.09. The van der Waals surface area contributed by atoms with Crippen molar-refractivity contribution in [3.8, 4) is 0 Å². The van der Waals surface area contributed by atoms with Gasteiger partial charge in [0.25, 0.3) is 0 Å². The highest BCUT2D eigenvalue weighted by Crippen LogP contribution is 2.38. The minimum Gasteiger partial charge on any atom is -0.462 e. The summed E-state index contributed by atoms with van der Waals surface area (Å²) in [5, 5.41) is 10.2. The zero-order chi connectivity index (χ0) is 11.6. The van der Waals surface area contributed by atoms with E-state index in [1.807, 2.05) is 0 Å². The number of halogens is 1. The van der Waals surface area contributed by atoms with Crippen molar-refractivity contribution in [1.29, 1.82) is 0 Å². The molecule has 15 heavy (non-hydrogen) atoms. The van der Waals surface area contributed by atoms with Crippen LogP contribution in [0.4, 0.5) is 5.00 Å². The summed E-state index contributed by atoms with van der Waals surface area (Å²) in [6.07, 6.45) is 0. The van der Waals surface area contributed by atoms with Gasteiger partial charge in [0.15, 0.2) is 0 Å². The van der Waals surface area contributed by atoms with E-state index < -0.39 is 10.9 Å². The maximum atomic E-state index is 11.4. The number of nitrogens with zero attached hydrogens (tertiary/aromatic N) is 1. The Kier molecular flexibility index (Phi) is 3.65. The Bertz CT molecular complexity index is 415. The van der Waals surface area contributed by atoms with Crippen LogP contribution in [-0.2, 0) is 4.74 Å². The molecule has 0 aliphatic heterocycles. The second-order valence-corrected chi connectivity index (χ2v) is 4.21. The van der Waals surface area contributed by atoms with E-state index >= 15 is 0 Å². The van der Waals surface area contributed by atoms with Crippen molar-refractivity contribution >= 4 is 33.9 Å². The van der Waals surface area contributed by atoms with Crippen LogP contribution in [0.25, 0.3) is 0 Å². The molecule has 0 atom stereocenters. The first-order chi connectivity index (χ1) is 6.99. The first kappa shape index (κ1) is 11.9. The highest BCUT2D eigenvalue weighted by Gasteiger charge is 2.27. The number of thiophene rings is 1. The van der Waals surface area contributed by atoms with Gasteiger partial charge in [-0.3, -0.25) is 10.1 Å². The van der Waals surface area contributed by atoms with Crippen LogP contribution in [0.5, 0.6) is 0 Å². The van der Waals surface area contributed by atoms with Gasteiger partial charge in [-0.15, -0.1) is 0 Å². The summed E-state index contributed by atoms with van der Waals surface area (Å²) in [6, 6.07) is 0. The summed E-state index contributed by atoms with van der Waals surface area (Å²) < 4.78 is 4.74. The smallest absolute Gasteiger partial charge is 0.343 e. The molecule has 0 amide bonds. The largest absolute Gasteiger partial charge is 0.462 e. The Morgan fingerprint density at radius 2 is 2.27 bits per heavy atom. The second kappa shape index (κ2) is 4.59. The zero-order valence-corrected chi connectivity index (χ0v) is 9.65. The van der Waals surface area contributed by atoms with E-state index in [-0.39, 0.29) is 22.2 Å². The van der Waals surface area contributed by atoms with E-state index in [0.29, 0.717) is 4.88 Å². The van der Waals surface area contributed by atoms with Crippen LogP contribution in [0.2, 0.25) is 5.02 Å². The summed E-state index contributed by atoms with van der Waals surface area (Å²) in [7, 11) is 0. The van der Waals surface area contributed by atoms with E-state index in [9.17, 15) is 14.9 Å². The quantitative estimate of drug-likeness (QED) is 0.469. The molecule has 0 saturated carbocycles. The normalized spacial score (nSPS) is 10.1. The third-order valence-electron chi connectivity index (χ3n) is 1.65. The number of ether oxygens (including phenoxy) is 1. The van der Waals surface area contributed by atoms with E-state index in [2.05, 4.69) is 0 Å². The van der Waals surface area contributed by atoms with Crippen LogP contribution >= 0.6 is 22.9 Å². The molecule has 0 aliphatic carbocycles. The predicted octanol–water partition coefficient (Wildman–Crippen LogP) is 2.79. The molecule has 0 fully saturated rings. The molecule has 0 aromatic carbocycles. The lowest BCUT2D eigenvalue weighted by molar-refractivity contribution is -0.380. The number of aryl methyl sites for hydroxylation is 1. The van der Waals surface area contributed by atoms with E-state index in [4.69, 9.17) is 16.3 Å². The molecule has 5 nitrogen and oxygen atoms in total. The highest BCUT2D eigenvalue weighted by atomic mass is 35.5. The van der Waals surface area contributed by atoms with Gasteiger partial charge in [0.1, 0.15) is 5.02 Å². The molecule has 0 aliphatic rings. The maximum absolute atomic E-state index is 11.4. The summed E-state index contributed by atoms with van der Waals surface area (Å²) in [4.78, 5) is 21.8. The lowest BCUT2D eigenvalue weighted by Gasteiger charge is -1.99. The molecule has 0 spiro atoms. The van der Waals surface area contributed by atoms with Crippen LogP contribution in [0.3, 0.4) is 0 Å². The highest BCUT2D eigenvalue weighted by molar-refractivity contribution is 7.16. The number of hydrogen-bond donors (Lipinski definition) is 0. The van der Waals surface area contributed by atoms with Gasteiger partial charge >= 0.3 is 11.0 Å². The Morgan fingerprint density at radius 3 is 2.67 bits per heavy atom. The van der Waals surface area contributed by atoms with Gasteiger partial charge in [0.2, 0.25) is 0 Å². The molecular weight excluding hydrogens is 242 g/mol. The lowest BCUT2D eigenvalue weighted by Crippen LogP contribution is -2.05. The van der Waals surface area contributed by atoms with Gasteiger partial charge in [0.05, 0.1) is 17.1 Å². The molecule has 0 bridgehead atoms. The van der Waals surface area contributed by atoms with Gasteiger partial charge in [-0.1, -0.05) is 22.9 Å². The second-order valence-electron chi connectivity index (χ2n) is 2.63. The number of rotatable bonds is 3. The molecule has 1 heterocycles. The molecule has 0 saturated heterocycles.